The molecule has 0 aliphatic rings. The van der Waals surface area contributed by atoms with Crippen molar-refractivity contribution in [3.05, 3.63) is 0 Å². The first-order valence-corrected chi connectivity index (χ1v) is 11.8. The van der Waals surface area contributed by atoms with Gasteiger partial charge in [0.15, 0.2) is 5.41 Å². The van der Waals surface area contributed by atoms with Crippen molar-refractivity contribution < 1.29 is 19.1 Å². The highest BCUT2D eigenvalue weighted by Crippen LogP contribution is 2.35. The number of carbonyl (C=O) groups excluding carboxylic acids is 2. The van der Waals surface area contributed by atoms with E-state index < -0.39 is 17.4 Å². The average molecular weight is 486 g/mol. The molecule has 0 atom stereocenters. The van der Waals surface area contributed by atoms with Crippen LogP contribution in [-0.4, -0.2) is 35.8 Å². The molecule has 25 heavy (non-hydrogen) atoms. The van der Waals surface area contributed by atoms with E-state index in [-0.39, 0.29) is 13.2 Å². The van der Waals surface area contributed by atoms with Crippen LogP contribution in [0, 0.1) is 5.41 Å². The van der Waals surface area contributed by atoms with E-state index in [2.05, 4.69) is 31.9 Å². The van der Waals surface area contributed by atoms with Gasteiger partial charge in [0, 0.05) is 10.7 Å². The number of alkyl halides is 2. The van der Waals surface area contributed by atoms with E-state index in [4.69, 9.17) is 9.47 Å². The molecule has 0 fully saturated rings. The van der Waals surface area contributed by atoms with Crippen LogP contribution in [0.3, 0.4) is 0 Å². The smallest absolute Gasteiger partial charge is 0.323 e. The second kappa shape index (κ2) is 16.1. The highest BCUT2D eigenvalue weighted by atomic mass is 79.9. The van der Waals surface area contributed by atoms with Crippen molar-refractivity contribution in [1.29, 1.82) is 0 Å². The van der Waals surface area contributed by atoms with Crippen LogP contribution in [0.5, 0.6) is 0 Å². The van der Waals surface area contributed by atoms with Crippen LogP contribution < -0.4 is 0 Å². The van der Waals surface area contributed by atoms with Crippen molar-refractivity contribution in [2.24, 2.45) is 5.41 Å². The lowest BCUT2D eigenvalue weighted by atomic mass is 9.77. The Labute approximate surface area is 170 Å². The van der Waals surface area contributed by atoms with Gasteiger partial charge < -0.3 is 9.47 Å². The Kier molecular flexibility index (Phi) is 16.0. The van der Waals surface area contributed by atoms with Gasteiger partial charge in [-0.1, -0.05) is 70.4 Å². The van der Waals surface area contributed by atoms with Gasteiger partial charge in [0.2, 0.25) is 0 Å². The first-order valence-electron chi connectivity index (χ1n) is 9.55. The van der Waals surface area contributed by atoms with E-state index in [1.165, 1.54) is 0 Å². The molecule has 0 aromatic rings. The van der Waals surface area contributed by atoms with Gasteiger partial charge in [0.05, 0.1) is 13.2 Å². The molecule has 0 unspecified atom stereocenters. The van der Waals surface area contributed by atoms with E-state index in [9.17, 15) is 9.59 Å². The SMILES string of the molecule is CCOC(=O)C(CCCCCCBr)(CCCCCCBr)C(=O)OCC. The maximum Gasteiger partial charge on any atom is 0.323 e. The average Bonchev–Trinajstić information content (AvgIpc) is 2.60. The minimum atomic E-state index is -1.13. The van der Waals surface area contributed by atoms with Crippen molar-refractivity contribution >= 4 is 43.8 Å². The lowest BCUT2D eigenvalue weighted by Gasteiger charge is -2.29. The minimum Gasteiger partial charge on any atom is -0.465 e. The van der Waals surface area contributed by atoms with E-state index in [0.717, 1.165) is 62.0 Å². The second-order valence-corrected chi connectivity index (χ2v) is 7.82. The van der Waals surface area contributed by atoms with Crippen LogP contribution in [0.4, 0.5) is 0 Å². The van der Waals surface area contributed by atoms with Crippen LogP contribution in [0.25, 0.3) is 0 Å². The van der Waals surface area contributed by atoms with Crippen molar-refractivity contribution in [1.82, 2.24) is 0 Å². The number of halogens is 2. The monoisotopic (exact) mass is 484 g/mol. The number of unbranched alkanes of at least 4 members (excludes halogenated alkanes) is 6. The first-order chi connectivity index (χ1) is 12.1. The van der Waals surface area contributed by atoms with Crippen molar-refractivity contribution in [3.63, 3.8) is 0 Å². The Balaban J connectivity index is 4.99. The number of carbonyl (C=O) groups is 2. The maximum atomic E-state index is 12.7. The molecule has 0 aliphatic carbocycles. The zero-order chi connectivity index (χ0) is 19.0. The normalized spacial score (nSPS) is 11.4. The minimum absolute atomic E-state index is 0.285. The maximum absolute atomic E-state index is 12.7. The third-order valence-electron chi connectivity index (χ3n) is 4.31. The Hall–Kier alpha value is -0.100. The third kappa shape index (κ3) is 9.97. The molecule has 0 amide bonds. The molecule has 0 aromatic heterocycles. The number of esters is 2. The fourth-order valence-electron chi connectivity index (χ4n) is 2.90. The van der Waals surface area contributed by atoms with E-state index in [1.807, 2.05) is 0 Å². The fourth-order valence-corrected chi connectivity index (χ4v) is 3.70. The topological polar surface area (TPSA) is 52.6 Å². The quantitative estimate of drug-likeness (QED) is 0.120. The number of ether oxygens (including phenoxy) is 2. The van der Waals surface area contributed by atoms with E-state index in [0.29, 0.717) is 12.8 Å². The van der Waals surface area contributed by atoms with Crippen LogP contribution in [-0.2, 0) is 19.1 Å². The van der Waals surface area contributed by atoms with Gasteiger partial charge in [0.1, 0.15) is 0 Å². The molecule has 4 nitrogen and oxygen atoms in total. The van der Waals surface area contributed by atoms with Crippen LogP contribution in [0.1, 0.15) is 78.1 Å². The van der Waals surface area contributed by atoms with Gasteiger partial charge >= 0.3 is 11.9 Å². The van der Waals surface area contributed by atoms with Crippen molar-refractivity contribution in [2.45, 2.75) is 78.1 Å². The summed E-state index contributed by atoms with van der Waals surface area (Å²) in [5.41, 5.74) is -1.13. The summed E-state index contributed by atoms with van der Waals surface area (Å²) in [5, 5.41) is 1.98. The van der Waals surface area contributed by atoms with Gasteiger partial charge in [0.25, 0.3) is 0 Å². The largest absolute Gasteiger partial charge is 0.465 e. The summed E-state index contributed by atoms with van der Waals surface area (Å²) >= 11 is 6.86. The number of hydrogen-bond acceptors (Lipinski definition) is 4. The van der Waals surface area contributed by atoms with Crippen molar-refractivity contribution in [2.75, 3.05) is 23.9 Å². The Morgan fingerprint density at radius 1 is 0.680 bits per heavy atom. The Bertz CT molecular complexity index is 327. The molecule has 0 heterocycles. The fraction of sp³-hybridized carbons (Fsp3) is 0.895. The van der Waals surface area contributed by atoms with Gasteiger partial charge in [-0.25, -0.2) is 0 Å². The summed E-state index contributed by atoms with van der Waals surface area (Å²) in [7, 11) is 0. The summed E-state index contributed by atoms with van der Waals surface area (Å²) in [6.07, 6.45) is 9.15. The lowest BCUT2D eigenvalue weighted by molar-refractivity contribution is -0.173. The summed E-state index contributed by atoms with van der Waals surface area (Å²) in [6.45, 7) is 4.12. The molecular weight excluding hydrogens is 452 g/mol. The molecule has 0 aromatic carbocycles. The van der Waals surface area contributed by atoms with Gasteiger partial charge in [-0.05, 0) is 39.5 Å². The third-order valence-corrected chi connectivity index (χ3v) is 5.43. The Morgan fingerprint density at radius 2 is 1.04 bits per heavy atom. The molecular formula is C19H34Br2O4. The van der Waals surface area contributed by atoms with E-state index in [1.54, 1.807) is 13.8 Å². The summed E-state index contributed by atoms with van der Waals surface area (Å²) < 4.78 is 10.6. The molecule has 0 rings (SSSR count). The van der Waals surface area contributed by atoms with Gasteiger partial charge in [-0.2, -0.15) is 0 Å². The summed E-state index contributed by atoms with van der Waals surface area (Å²) in [6, 6.07) is 0. The number of rotatable bonds is 16. The van der Waals surface area contributed by atoms with Gasteiger partial charge in [-0.15, -0.1) is 0 Å². The predicted molar refractivity (Wildman–Crippen MR) is 109 cm³/mol. The van der Waals surface area contributed by atoms with E-state index >= 15 is 0 Å². The molecule has 0 aliphatic heterocycles. The molecule has 0 radical (unpaired) electrons. The number of hydrogen-bond donors (Lipinski definition) is 0. The molecule has 148 valence electrons. The molecule has 6 heteroatoms. The molecule has 0 N–H and O–H groups in total. The Morgan fingerprint density at radius 3 is 1.36 bits per heavy atom. The molecule has 0 spiro atoms. The van der Waals surface area contributed by atoms with Crippen molar-refractivity contribution in [3.8, 4) is 0 Å². The van der Waals surface area contributed by atoms with Crippen LogP contribution in [0.15, 0.2) is 0 Å². The zero-order valence-corrected chi connectivity index (χ0v) is 19.0. The highest BCUT2D eigenvalue weighted by molar-refractivity contribution is 9.09. The predicted octanol–water partition coefficient (Wildman–Crippen LogP) is 5.79. The van der Waals surface area contributed by atoms with Gasteiger partial charge in [-0.3, -0.25) is 9.59 Å². The van der Waals surface area contributed by atoms with Crippen LogP contribution >= 0.6 is 31.9 Å². The second-order valence-electron chi connectivity index (χ2n) is 6.23. The molecule has 0 saturated heterocycles. The highest BCUT2D eigenvalue weighted by Gasteiger charge is 2.47. The lowest BCUT2D eigenvalue weighted by Crippen LogP contribution is -2.42. The zero-order valence-electron chi connectivity index (χ0n) is 15.8. The standard InChI is InChI=1S/C19H34Br2O4/c1-3-24-17(22)19(18(23)25-4-2,13-9-5-7-11-15-20)14-10-6-8-12-16-21/h3-16H2,1-2H3. The summed E-state index contributed by atoms with van der Waals surface area (Å²) in [4.78, 5) is 25.4. The molecule has 0 saturated carbocycles. The molecule has 0 bridgehead atoms. The summed E-state index contributed by atoms with van der Waals surface area (Å²) in [5.74, 6) is -0.816. The van der Waals surface area contributed by atoms with Crippen LogP contribution in [0.2, 0.25) is 0 Å². The first kappa shape index (κ1) is 24.9.